The van der Waals surface area contributed by atoms with Crippen molar-refractivity contribution in [1.29, 1.82) is 0 Å². The Hall–Kier alpha value is -1.79. The molecule has 0 aromatic carbocycles. The highest BCUT2D eigenvalue weighted by Gasteiger charge is 2.27. The van der Waals surface area contributed by atoms with Crippen LogP contribution in [0.3, 0.4) is 0 Å². The summed E-state index contributed by atoms with van der Waals surface area (Å²) >= 11 is 0. The highest BCUT2D eigenvalue weighted by atomic mass is 16.4. The number of amides is 3. The minimum absolute atomic E-state index is 0.0104. The summed E-state index contributed by atoms with van der Waals surface area (Å²) in [5, 5.41) is 16.0. The molecule has 4 N–H and O–H groups in total. The Labute approximate surface area is 100.0 Å². The van der Waals surface area contributed by atoms with Crippen LogP contribution in [-0.4, -0.2) is 42.6 Å². The van der Waals surface area contributed by atoms with Crippen molar-refractivity contribution in [2.75, 3.05) is 19.6 Å². The number of carboxylic acids is 1. The molecule has 0 aliphatic rings. The van der Waals surface area contributed by atoms with E-state index >= 15 is 0 Å². The average Bonchev–Trinajstić information content (AvgIpc) is 2.24. The molecule has 0 radical (unpaired) electrons. The summed E-state index contributed by atoms with van der Waals surface area (Å²) < 4.78 is 0. The van der Waals surface area contributed by atoms with Gasteiger partial charge in [0.05, 0.1) is 12.0 Å². The molecule has 0 spiro atoms. The minimum atomic E-state index is -1.04. The monoisotopic (exact) mass is 245 g/mol. The summed E-state index contributed by atoms with van der Waals surface area (Å²) in [4.78, 5) is 33.0. The number of hydrogen-bond donors (Lipinski definition) is 4. The first-order valence-corrected chi connectivity index (χ1v) is 5.31. The maximum absolute atomic E-state index is 11.2. The Morgan fingerprint density at radius 1 is 1.12 bits per heavy atom. The number of urea groups is 1. The lowest BCUT2D eigenvalue weighted by Crippen LogP contribution is -2.46. The molecule has 3 amide bonds. The first kappa shape index (κ1) is 15.2. The van der Waals surface area contributed by atoms with Gasteiger partial charge in [-0.3, -0.25) is 9.59 Å². The average molecular weight is 245 g/mol. The standard InChI is InChI=1S/C10H19N3O4/c1-4-11-7(14)5-12-9(17)13-6-10(2,3)8(15)16/h4-6H2,1-3H3,(H,11,14)(H,15,16)(H2,12,13,17). The van der Waals surface area contributed by atoms with Crippen molar-refractivity contribution in [2.24, 2.45) is 5.41 Å². The summed E-state index contributed by atoms with van der Waals surface area (Å²) in [7, 11) is 0. The van der Waals surface area contributed by atoms with E-state index in [0.29, 0.717) is 6.54 Å². The third kappa shape index (κ3) is 6.39. The fraction of sp³-hybridized carbons (Fsp3) is 0.700. The number of carbonyl (C=O) groups excluding carboxylic acids is 2. The number of carboxylic acid groups (broad SMARTS) is 1. The van der Waals surface area contributed by atoms with E-state index in [1.165, 1.54) is 13.8 Å². The number of nitrogens with one attached hydrogen (secondary N) is 3. The molecular weight excluding hydrogens is 226 g/mol. The molecule has 0 atom stereocenters. The predicted octanol–water partition coefficient (Wildman–Crippen LogP) is -0.467. The molecule has 0 saturated carbocycles. The van der Waals surface area contributed by atoms with Gasteiger partial charge in [0.2, 0.25) is 5.91 Å². The molecule has 0 aliphatic carbocycles. The maximum Gasteiger partial charge on any atom is 0.315 e. The van der Waals surface area contributed by atoms with Crippen LogP contribution in [0.4, 0.5) is 4.79 Å². The van der Waals surface area contributed by atoms with Crippen molar-refractivity contribution in [3.05, 3.63) is 0 Å². The van der Waals surface area contributed by atoms with Gasteiger partial charge in [0, 0.05) is 13.1 Å². The summed E-state index contributed by atoms with van der Waals surface area (Å²) in [5.41, 5.74) is -1.04. The molecule has 98 valence electrons. The molecule has 0 saturated heterocycles. The molecule has 7 heteroatoms. The van der Waals surface area contributed by atoms with Crippen LogP contribution in [0, 0.1) is 5.41 Å². The number of carbonyl (C=O) groups is 3. The summed E-state index contributed by atoms with van der Waals surface area (Å²) in [5.74, 6) is -1.29. The minimum Gasteiger partial charge on any atom is -0.481 e. The fourth-order valence-corrected chi connectivity index (χ4v) is 0.860. The smallest absolute Gasteiger partial charge is 0.315 e. The van der Waals surface area contributed by atoms with E-state index in [-0.39, 0.29) is 19.0 Å². The van der Waals surface area contributed by atoms with Crippen LogP contribution in [0.1, 0.15) is 20.8 Å². The van der Waals surface area contributed by atoms with E-state index in [4.69, 9.17) is 5.11 Å². The first-order valence-electron chi connectivity index (χ1n) is 5.31. The quantitative estimate of drug-likeness (QED) is 0.507. The lowest BCUT2D eigenvalue weighted by atomic mass is 9.94. The van der Waals surface area contributed by atoms with Crippen LogP contribution < -0.4 is 16.0 Å². The molecule has 0 unspecified atom stereocenters. The molecule has 0 heterocycles. The molecule has 7 nitrogen and oxygen atoms in total. The van der Waals surface area contributed by atoms with Crippen molar-refractivity contribution in [3.8, 4) is 0 Å². The Morgan fingerprint density at radius 3 is 2.18 bits per heavy atom. The van der Waals surface area contributed by atoms with Crippen molar-refractivity contribution in [1.82, 2.24) is 16.0 Å². The topological polar surface area (TPSA) is 108 Å². The van der Waals surface area contributed by atoms with Gasteiger partial charge in [-0.05, 0) is 20.8 Å². The fourth-order valence-electron chi connectivity index (χ4n) is 0.860. The lowest BCUT2D eigenvalue weighted by Gasteiger charge is -2.19. The van der Waals surface area contributed by atoms with Crippen molar-refractivity contribution in [2.45, 2.75) is 20.8 Å². The van der Waals surface area contributed by atoms with Gasteiger partial charge in [-0.1, -0.05) is 0 Å². The summed E-state index contributed by atoms with van der Waals surface area (Å²) in [6.45, 7) is 5.12. The molecule has 0 aromatic rings. The number of aliphatic carboxylic acids is 1. The molecule has 17 heavy (non-hydrogen) atoms. The van der Waals surface area contributed by atoms with Crippen LogP contribution in [0.15, 0.2) is 0 Å². The zero-order valence-electron chi connectivity index (χ0n) is 10.3. The van der Waals surface area contributed by atoms with Crippen molar-refractivity contribution in [3.63, 3.8) is 0 Å². The Morgan fingerprint density at radius 2 is 1.71 bits per heavy atom. The van der Waals surface area contributed by atoms with Gasteiger partial charge < -0.3 is 21.1 Å². The normalized spacial score (nSPS) is 10.5. The number of likely N-dealkylation sites (N-methyl/N-ethyl adjacent to an activating group) is 1. The van der Waals surface area contributed by atoms with Gasteiger partial charge >= 0.3 is 12.0 Å². The third-order valence-electron chi connectivity index (χ3n) is 2.05. The van der Waals surface area contributed by atoms with Crippen LogP contribution >= 0.6 is 0 Å². The molecule has 0 rings (SSSR count). The molecule has 0 aromatic heterocycles. The van der Waals surface area contributed by atoms with Crippen molar-refractivity contribution < 1.29 is 19.5 Å². The van der Waals surface area contributed by atoms with Gasteiger partial charge in [-0.15, -0.1) is 0 Å². The predicted molar refractivity (Wildman–Crippen MR) is 61.5 cm³/mol. The third-order valence-corrected chi connectivity index (χ3v) is 2.05. The van der Waals surface area contributed by atoms with E-state index in [2.05, 4.69) is 16.0 Å². The maximum atomic E-state index is 11.2. The molecule has 0 fully saturated rings. The first-order chi connectivity index (χ1) is 7.79. The van der Waals surface area contributed by atoms with Gasteiger partial charge in [0.25, 0.3) is 0 Å². The summed E-state index contributed by atoms with van der Waals surface area (Å²) in [6.07, 6.45) is 0. The van der Waals surface area contributed by atoms with Gasteiger partial charge in [-0.2, -0.15) is 0 Å². The zero-order chi connectivity index (χ0) is 13.5. The second-order valence-electron chi connectivity index (χ2n) is 4.18. The highest BCUT2D eigenvalue weighted by Crippen LogP contribution is 2.12. The van der Waals surface area contributed by atoms with Crippen LogP contribution in [0.25, 0.3) is 0 Å². The number of rotatable bonds is 6. The van der Waals surface area contributed by atoms with E-state index in [9.17, 15) is 14.4 Å². The molecule has 0 aliphatic heterocycles. The van der Waals surface area contributed by atoms with E-state index < -0.39 is 17.4 Å². The molecule has 0 bridgehead atoms. The van der Waals surface area contributed by atoms with Crippen LogP contribution in [0.5, 0.6) is 0 Å². The SMILES string of the molecule is CCNC(=O)CNC(=O)NCC(C)(C)C(=O)O. The van der Waals surface area contributed by atoms with Gasteiger partial charge in [0.1, 0.15) is 0 Å². The van der Waals surface area contributed by atoms with E-state index in [1.54, 1.807) is 6.92 Å². The van der Waals surface area contributed by atoms with E-state index in [0.717, 1.165) is 0 Å². The zero-order valence-corrected chi connectivity index (χ0v) is 10.3. The molecular formula is C10H19N3O4. The van der Waals surface area contributed by atoms with Gasteiger partial charge in [0.15, 0.2) is 0 Å². The Balaban J connectivity index is 3.88. The second-order valence-corrected chi connectivity index (χ2v) is 4.18. The lowest BCUT2D eigenvalue weighted by molar-refractivity contribution is -0.146. The highest BCUT2D eigenvalue weighted by molar-refractivity contribution is 5.84. The Bertz CT molecular complexity index is 302. The van der Waals surface area contributed by atoms with Gasteiger partial charge in [-0.25, -0.2) is 4.79 Å². The Kier molecular flexibility index (Phi) is 6.01. The summed E-state index contributed by atoms with van der Waals surface area (Å²) in [6, 6.07) is -0.564. The number of hydrogen-bond acceptors (Lipinski definition) is 3. The van der Waals surface area contributed by atoms with Crippen LogP contribution in [-0.2, 0) is 9.59 Å². The van der Waals surface area contributed by atoms with Crippen LogP contribution in [0.2, 0.25) is 0 Å². The van der Waals surface area contributed by atoms with Crippen molar-refractivity contribution >= 4 is 17.9 Å². The second kappa shape index (κ2) is 6.72. The van der Waals surface area contributed by atoms with E-state index in [1.807, 2.05) is 0 Å². The largest absolute Gasteiger partial charge is 0.481 e.